The minimum atomic E-state index is -0.466. The van der Waals surface area contributed by atoms with Gasteiger partial charge in [-0.15, -0.1) is 0 Å². The molecule has 0 radical (unpaired) electrons. The van der Waals surface area contributed by atoms with Crippen LogP contribution in [0.2, 0.25) is 5.02 Å². The van der Waals surface area contributed by atoms with Crippen molar-refractivity contribution in [3.63, 3.8) is 0 Å². The molecule has 6 heteroatoms. The van der Waals surface area contributed by atoms with Crippen molar-refractivity contribution in [2.24, 2.45) is 0 Å². The fraction of sp³-hybridized carbons (Fsp3) is 0.200. The first-order valence-corrected chi connectivity index (χ1v) is 8.70. The van der Waals surface area contributed by atoms with Gasteiger partial charge < -0.3 is 14.1 Å². The van der Waals surface area contributed by atoms with E-state index < -0.39 is 11.7 Å². The van der Waals surface area contributed by atoms with Gasteiger partial charge in [0.25, 0.3) is 0 Å². The topological polar surface area (TPSA) is 59.8 Å². The Hall–Kier alpha value is -2.79. The number of halogens is 1. The molecule has 0 unspecified atom stereocenters. The van der Waals surface area contributed by atoms with Gasteiger partial charge in [-0.1, -0.05) is 23.7 Å². The van der Waals surface area contributed by atoms with Crippen LogP contribution in [0.5, 0.6) is 5.75 Å². The van der Waals surface area contributed by atoms with Gasteiger partial charge >= 0.3 is 11.7 Å². The summed E-state index contributed by atoms with van der Waals surface area (Å²) in [4.78, 5) is 25.9. The van der Waals surface area contributed by atoms with E-state index >= 15 is 0 Å². The molecule has 0 atom stereocenters. The molecule has 0 aliphatic rings. The number of hydrogen-bond donors (Lipinski definition) is 0. The smallest absolute Gasteiger partial charge is 0.415 e. The number of nitrogens with zero attached hydrogens (tertiary/aromatic N) is 1. The third-order valence-electron chi connectivity index (χ3n) is 4.09. The Morgan fingerprint density at radius 2 is 1.77 bits per heavy atom. The monoisotopic (exact) mass is 371 g/mol. The zero-order valence-corrected chi connectivity index (χ0v) is 15.2. The van der Waals surface area contributed by atoms with Crippen LogP contribution in [0.4, 0.5) is 4.79 Å². The van der Waals surface area contributed by atoms with E-state index in [0.29, 0.717) is 35.0 Å². The van der Waals surface area contributed by atoms with Crippen LogP contribution in [0, 0.1) is 0 Å². The third-order valence-corrected chi connectivity index (χ3v) is 4.34. The SMILES string of the molecule is CCN(CC)C(=O)Oc1ccc2cc(-c3ccc(Cl)cc3)c(=O)oc2c1. The maximum atomic E-state index is 12.3. The predicted molar refractivity (Wildman–Crippen MR) is 102 cm³/mol. The van der Waals surface area contributed by atoms with E-state index in [2.05, 4.69) is 0 Å². The summed E-state index contributed by atoms with van der Waals surface area (Å²) in [5.41, 5.74) is 1.06. The summed E-state index contributed by atoms with van der Waals surface area (Å²) in [7, 11) is 0. The van der Waals surface area contributed by atoms with Crippen LogP contribution in [-0.4, -0.2) is 24.1 Å². The molecule has 0 aliphatic heterocycles. The second-order valence-corrected chi connectivity index (χ2v) is 6.13. The van der Waals surface area contributed by atoms with Gasteiger partial charge in [-0.2, -0.15) is 0 Å². The highest BCUT2D eigenvalue weighted by molar-refractivity contribution is 6.30. The summed E-state index contributed by atoms with van der Waals surface area (Å²) in [5.74, 6) is 0.330. The van der Waals surface area contributed by atoms with Crippen LogP contribution in [0.15, 0.2) is 57.7 Å². The molecular formula is C20H18ClNO4. The van der Waals surface area contributed by atoms with Gasteiger partial charge in [0.1, 0.15) is 11.3 Å². The molecule has 26 heavy (non-hydrogen) atoms. The summed E-state index contributed by atoms with van der Waals surface area (Å²) >= 11 is 5.89. The summed E-state index contributed by atoms with van der Waals surface area (Å²) in [5, 5.41) is 1.33. The average Bonchev–Trinajstić information content (AvgIpc) is 2.63. The molecule has 3 rings (SSSR count). The predicted octanol–water partition coefficient (Wildman–Crippen LogP) is 4.95. The number of fused-ring (bicyclic) bond motifs is 1. The number of rotatable bonds is 4. The third kappa shape index (κ3) is 3.73. The second-order valence-electron chi connectivity index (χ2n) is 5.69. The fourth-order valence-corrected chi connectivity index (χ4v) is 2.76. The van der Waals surface area contributed by atoms with Crippen molar-refractivity contribution in [2.75, 3.05) is 13.1 Å². The quantitative estimate of drug-likeness (QED) is 0.608. The molecule has 1 amide bonds. The molecule has 0 fully saturated rings. The number of amides is 1. The molecule has 3 aromatic rings. The van der Waals surface area contributed by atoms with Crippen molar-refractivity contribution < 1.29 is 13.9 Å². The minimum absolute atomic E-state index is 0.330. The van der Waals surface area contributed by atoms with E-state index in [4.69, 9.17) is 20.8 Å². The van der Waals surface area contributed by atoms with Gasteiger partial charge in [0.15, 0.2) is 0 Å². The van der Waals surface area contributed by atoms with Crippen molar-refractivity contribution in [1.82, 2.24) is 4.90 Å². The molecule has 0 aliphatic carbocycles. The van der Waals surface area contributed by atoms with Crippen LogP contribution in [0.3, 0.4) is 0 Å². The van der Waals surface area contributed by atoms with Crippen LogP contribution < -0.4 is 10.4 Å². The number of ether oxygens (including phenoxy) is 1. The zero-order chi connectivity index (χ0) is 18.7. The van der Waals surface area contributed by atoms with Crippen LogP contribution in [-0.2, 0) is 0 Å². The molecule has 1 aromatic heterocycles. The highest BCUT2D eigenvalue weighted by Gasteiger charge is 2.13. The normalized spacial score (nSPS) is 10.7. The average molecular weight is 372 g/mol. The number of benzene rings is 2. The molecular weight excluding hydrogens is 354 g/mol. The molecule has 0 spiro atoms. The first-order valence-electron chi connectivity index (χ1n) is 8.32. The van der Waals surface area contributed by atoms with Crippen molar-refractivity contribution in [1.29, 1.82) is 0 Å². The van der Waals surface area contributed by atoms with Gasteiger partial charge in [0.05, 0.1) is 5.56 Å². The molecule has 1 heterocycles. The van der Waals surface area contributed by atoms with E-state index in [1.54, 1.807) is 53.4 Å². The largest absolute Gasteiger partial charge is 0.422 e. The Balaban J connectivity index is 1.94. The molecule has 134 valence electrons. The Morgan fingerprint density at radius 3 is 2.42 bits per heavy atom. The Bertz CT molecular complexity index is 991. The lowest BCUT2D eigenvalue weighted by atomic mass is 10.1. The Kier molecular flexibility index (Phi) is 5.28. The number of carbonyl (C=O) groups is 1. The standard InChI is InChI=1S/C20H18ClNO4/c1-3-22(4-2)20(24)25-16-10-7-14-11-17(19(23)26-18(14)12-16)13-5-8-15(21)9-6-13/h5-12H,3-4H2,1-2H3. The van der Waals surface area contributed by atoms with E-state index in [9.17, 15) is 9.59 Å². The molecule has 2 aromatic carbocycles. The first-order chi connectivity index (χ1) is 12.5. The van der Waals surface area contributed by atoms with Crippen molar-refractivity contribution in [2.45, 2.75) is 13.8 Å². The van der Waals surface area contributed by atoms with Crippen LogP contribution in [0.25, 0.3) is 22.1 Å². The molecule has 0 N–H and O–H groups in total. The molecule has 0 bridgehead atoms. The fourth-order valence-electron chi connectivity index (χ4n) is 2.63. The highest BCUT2D eigenvalue weighted by atomic mass is 35.5. The lowest BCUT2D eigenvalue weighted by molar-refractivity contribution is 0.157. The Morgan fingerprint density at radius 1 is 1.08 bits per heavy atom. The van der Waals surface area contributed by atoms with Gasteiger partial charge in [-0.3, -0.25) is 0 Å². The van der Waals surface area contributed by atoms with E-state index in [-0.39, 0.29) is 0 Å². The lowest BCUT2D eigenvalue weighted by Gasteiger charge is -2.17. The number of hydrogen-bond acceptors (Lipinski definition) is 4. The highest BCUT2D eigenvalue weighted by Crippen LogP contribution is 2.25. The lowest BCUT2D eigenvalue weighted by Crippen LogP contribution is -2.33. The number of carbonyl (C=O) groups excluding carboxylic acids is 1. The molecule has 5 nitrogen and oxygen atoms in total. The first kappa shape index (κ1) is 18.0. The van der Waals surface area contributed by atoms with Crippen LogP contribution >= 0.6 is 11.6 Å². The Labute approximate surface area is 155 Å². The van der Waals surface area contributed by atoms with Crippen molar-refractivity contribution in [3.05, 3.63) is 64.0 Å². The van der Waals surface area contributed by atoms with E-state index in [1.165, 1.54) is 0 Å². The minimum Gasteiger partial charge on any atom is -0.422 e. The van der Waals surface area contributed by atoms with Gasteiger partial charge in [-0.25, -0.2) is 9.59 Å². The van der Waals surface area contributed by atoms with Crippen LogP contribution in [0.1, 0.15) is 13.8 Å². The second kappa shape index (κ2) is 7.62. The summed E-state index contributed by atoms with van der Waals surface area (Å²) < 4.78 is 10.8. The summed E-state index contributed by atoms with van der Waals surface area (Å²) in [6.45, 7) is 4.87. The van der Waals surface area contributed by atoms with Gasteiger partial charge in [0, 0.05) is 29.6 Å². The van der Waals surface area contributed by atoms with E-state index in [0.717, 1.165) is 10.9 Å². The molecule has 0 saturated heterocycles. The van der Waals surface area contributed by atoms with Gasteiger partial charge in [-0.05, 0) is 49.7 Å². The maximum absolute atomic E-state index is 12.3. The molecule has 0 saturated carbocycles. The maximum Gasteiger partial charge on any atom is 0.415 e. The summed E-state index contributed by atoms with van der Waals surface area (Å²) in [6.07, 6.45) is -0.436. The van der Waals surface area contributed by atoms with Gasteiger partial charge in [0.2, 0.25) is 0 Å². The zero-order valence-electron chi connectivity index (χ0n) is 14.5. The summed E-state index contributed by atoms with van der Waals surface area (Å²) in [6, 6.07) is 13.7. The van der Waals surface area contributed by atoms with E-state index in [1.807, 2.05) is 13.8 Å². The van der Waals surface area contributed by atoms with Crippen molar-refractivity contribution >= 4 is 28.7 Å². The van der Waals surface area contributed by atoms with Crippen molar-refractivity contribution in [3.8, 4) is 16.9 Å².